The topological polar surface area (TPSA) is 52.7 Å². The van der Waals surface area contributed by atoms with Crippen LogP contribution in [0, 0.1) is 5.92 Å². The Labute approximate surface area is 166 Å². The molecule has 1 aromatic carbocycles. The molecule has 4 rings (SSSR count). The highest BCUT2D eigenvalue weighted by Gasteiger charge is 2.35. The van der Waals surface area contributed by atoms with Gasteiger partial charge in [-0.05, 0) is 56.2 Å². The second kappa shape index (κ2) is 8.19. The van der Waals surface area contributed by atoms with Crippen LogP contribution >= 0.6 is 11.6 Å². The van der Waals surface area contributed by atoms with Crippen LogP contribution in [0.25, 0.3) is 0 Å². The summed E-state index contributed by atoms with van der Waals surface area (Å²) in [5.74, 6) is 0.781. The predicted molar refractivity (Wildman–Crippen MR) is 106 cm³/mol. The number of nitrogens with one attached hydrogen (secondary N) is 1. The lowest BCUT2D eigenvalue weighted by atomic mass is 9.89. The van der Waals surface area contributed by atoms with Crippen molar-refractivity contribution in [2.75, 3.05) is 26.2 Å². The third-order valence-electron chi connectivity index (χ3n) is 6.24. The molecule has 146 valence electrons. The predicted octanol–water partition coefficient (Wildman–Crippen LogP) is 2.94. The molecule has 3 saturated heterocycles. The molecule has 1 N–H and O–H groups in total. The molecule has 2 bridgehead atoms. The fraction of sp³-hybridized carbons (Fsp3) is 0.619. The summed E-state index contributed by atoms with van der Waals surface area (Å²) in [5, 5.41) is 4.21. The van der Waals surface area contributed by atoms with Gasteiger partial charge in [0.25, 0.3) is 5.91 Å². The Balaban J connectivity index is 1.31. The van der Waals surface area contributed by atoms with Gasteiger partial charge in [-0.25, -0.2) is 0 Å². The van der Waals surface area contributed by atoms with E-state index in [0.29, 0.717) is 54.6 Å². The Morgan fingerprint density at radius 2 is 1.74 bits per heavy atom. The monoisotopic (exact) mass is 389 g/mol. The van der Waals surface area contributed by atoms with E-state index >= 15 is 0 Å². The quantitative estimate of drug-likeness (QED) is 0.864. The summed E-state index contributed by atoms with van der Waals surface area (Å²) < 4.78 is 0. The largest absolute Gasteiger partial charge is 0.341 e. The van der Waals surface area contributed by atoms with Gasteiger partial charge in [0.1, 0.15) is 0 Å². The van der Waals surface area contributed by atoms with E-state index in [1.807, 2.05) is 9.80 Å². The summed E-state index contributed by atoms with van der Waals surface area (Å²) in [6.07, 6.45) is 6.29. The van der Waals surface area contributed by atoms with Crippen LogP contribution in [-0.2, 0) is 4.79 Å². The summed E-state index contributed by atoms with van der Waals surface area (Å²) in [5.41, 5.74) is 0.618. The van der Waals surface area contributed by atoms with Crippen molar-refractivity contribution in [3.63, 3.8) is 0 Å². The number of hydrogen-bond acceptors (Lipinski definition) is 3. The molecule has 6 heteroatoms. The van der Waals surface area contributed by atoms with Gasteiger partial charge in [0, 0.05) is 55.3 Å². The summed E-state index contributed by atoms with van der Waals surface area (Å²) >= 11 is 6.01. The highest BCUT2D eigenvalue weighted by Crippen LogP contribution is 2.33. The summed E-state index contributed by atoms with van der Waals surface area (Å²) in [7, 11) is 0. The van der Waals surface area contributed by atoms with Crippen molar-refractivity contribution in [3.8, 4) is 0 Å². The molecule has 27 heavy (non-hydrogen) atoms. The number of rotatable bonds is 3. The molecule has 2 atom stereocenters. The van der Waals surface area contributed by atoms with Gasteiger partial charge in [-0.3, -0.25) is 9.59 Å². The van der Waals surface area contributed by atoms with Crippen LogP contribution in [0.3, 0.4) is 0 Å². The Hall–Kier alpha value is -1.59. The highest BCUT2D eigenvalue weighted by atomic mass is 35.5. The molecule has 3 fully saturated rings. The molecule has 3 aliphatic heterocycles. The third kappa shape index (κ3) is 4.46. The summed E-state index contributed by atoms with van der Waals surface area (Å²) in [6, 6.07) is 8.33. The maximum Gasteiger partial charge on any atom is 0.253 e. The molecule has 1 aromatic rings. The Bertz CT molecular complexity index is 698. The van der Waals surface area contributed by atoms with Crippen LogP contribution in [0.1, 0.15) is 48.9 Å². The number of nitrogens with zero attached hydrogens (tertiary/aromatic N) is 2. The number of piperidine rings is 1. The van der Waals surface area contributed by atoms with Crippen molar-refractivity contribution >= 4 is 23.4 Å². The zero-order valence-electron chi connectivity index (χ0n) is 15.7. The molecular weight excluding hydrogens is 362 g/mol. The van der Waals surface area contributed by atoms with E-state index in [4.69, 9.17) is 11.6 Å². The van der Waals surface area contributed by atoms with Gasteiger partial charge in [0.05, 0.1) is 0 Å². The lowest BCUT2D eigenvalue weighted by molar-refractivity contribution is -0.132. The fourth-order valence-corrected chi connectivity index (χ4v) is 5.08. The highest BCUT2D eigenvalue weighted by molar-refractivity contribution is 6.30. The first-order valence-corrected chi connectivity index (χ1v) is 10.5. The van der Waals surface area contributed by atoms with E-state index in [1.54, 1.807) is 24.3 Å². The maximum atomic E-state index is 12.8. The normalized spacial score (nSPS) is 28.1. The molecule has 0 radical (unpaired) electrons. The van der Waals surface area contributed by atoms with Crippen LogP contribution in [0.2, 0.25) is 5.02 Å². The molecule has 3 heterocycles. The minimum absolute atomic E-state index is 0.00160. The fourth-order valence-electron chi connectivity index (χ4n) is 4.89. The molecule has 5 nitrogen and oxygen atoms in total. The van der Waals surface area contributed by atoms with Gasteiger partial charge in [-0.15, -0.1) is 0 Å². The Morgan fingerprint density at radius 1 is 1.04 bits per heavy atom. The number of halogens is 1. The van der Waals surface area contributed by atoms with Crippen molar-refractivity contribution in [3.05, 3.63) is 34.9 Å². The number of hydrogen-bond donors (Lipinski definition) is 1. The van der Waals surface area contributed by atoms with Gasteiger partial charge in [-0.1, -0.05) is 17.7 Å². The first-order chi connectivity index (χ1) is 13.1. The second-order valence-corrected chi connectivity index (χ2v) is 8.65. The van der Waals surface area contributed by atoms with Crippen LogP contribution < -0.4 is 5.32 Å². The van der Waals surface area contributed by atoms with Gasteiger partial charge in [-0.2, -0.15) is 0 Å². The Kier molecular flexibility index (Phi) is 5.69. The van der Waals surface area contributed by atoms with E-state index in [2.05, 4.69) is 5.32 Å². The Morgan fingerprint density at radius 3 is 2.48 bits per heavy atom. The number of benzene rings is 1. The van der Waals surface area contributed by atoms with E-state index in [1.165, 1.54) is 12.8 Å². The minimum Gasteiger partial charge on any atom is -0.341 e. The average Bonchev–Trinajstić information content (AvgIpc) is 2.86. The van der Waals surface area contributed by atoms with Gasteiger partial charge in [0.15, 0.2) is 0 Å². The summed E-state index contributed by atoms with van der Waals surface area (Å²) in [6.45, 7) is 2.65. The van der Waals surface area contributed by atoms with Crippen LogP contribution in [-0.4, -0.2) is 59.9 Å². The minimum atomic E-state index is 0.00160. The maximum absolute atomic E-state index is 12.8. The smallest absolute Gasteiger partial charge is 0.253 e. The molecule has 3 aliphatic rings. The molecule has 0 aromatic heterocycles. The number of carbonyl (C=O) groups is 2. The van der Waals surface area contributed by atoms with E-state index < -0.39 is 0 Å². The molecule has 0 spiro atoms. The van der Waals surface area contributed by atoms with Crippen LogP contribution in [0.4, 0.5) is 0 Å². The number of amides is 2. The van der Waals surface area contributed by atoms with Crippen molar-refractivity contribution in [2.24, 2.45) is 5.92 Å². The molecule has 0 saturated carbocycles. The lowest BCUT2D eigenvalue weighted by Gasteiger charge is -2.30. The lowest BCUT2D eigenvalue weighted by Crippen LogP contribution is -2.41. The van der Waals surface area contributed by atoms with Crippen LogP contribution in [0.5, 0.6) is 0 Å². The number of fused-ring (bicyclic) bond motifs is 2. The molecule has 2 amide bonds. The number of carbonyl (C=O) groups excluding carboxylic acids is 2. The van der Waals surface area contributed by atoms with Crippen molar-refractivity contribution in [2.45, 2.75) is 50.6 Å². The van der Waals surface area contributed by atoms with Crippen molar-refractivity contribution in [1.82, 2.24) is 15.1 Å². The van der Waals surface area contributed by atoms with Gasteiger partial charge < -0.3 is 15.1 Å². The standard InChI is InChI=1S/C21H28ClN3O2/c22-17-4-1-3-16(14-17)21(27)25-8-2-7-24(9-10-25)20(26)13-15-11-18-5-6-19(12-15)23-18/h1,3-4,14-15,18-19,23H,2,5-13H2. The van der Waals surface area contributed by atoms with Crippen molar-refractivity contribution in [1.29, 1.82) is 0 Å². The summed E-state index contributed by atoms with van der Waals surface area (Å²) in [4.78, 5) is 29.4. The SMILES string of the molecule is O=C(CC1CC2CCC(C1)N2)N1CCCN(C(=O)c2cccc(Cl)c2)CC1. The van der Waals surface area contributed by atoms with E-state index in [9.17, 15) is 9.59 Å². The average molecular weight is 390 g/mol. The van der Waals surface area contributed by atoms with Gasteiger partial charge in [0.2, 0.25) is 5.91 Å². The second-order valence-electron chi connectivity index (χ2n) is 8.22. The first-order valence-electron chi connectivity index (χ1n) is 10.2. The third-order valence-corrected chi connectivity index (χ3v) is 6.48. The molecule has 2 unspecified atom stereocenters. The molecular formula is C21H28ClN3O2. The molecule has 0 aliphatic carbocycles. The van der Waals surface area contributed by atoms with Crippen molar-refractivity contribution < 1.29 is 9.59 Å². The zero-order chi connectivity index (χ0) is 18.8. The zero-order valence-corrected chi connectivity index (χ0v) is 16.5. The van der Waals surface area contributed by atoms with E-state index in [0.717, 1.165) is 25.8 Å². The van der Waals surface area contributed by atoms with Crippen LogP contribution in [0.15, 0.2) is 24.3 Å². The van der Waals surface area contributed by atoms with Gasteiger partial charge >= 0.3 is 0 Å². The van der Waals surface area contributed by atoms with E-state index in [-0.39, 0.29) is 11.8 Å². The first kappa shape index (κ1) is 18.8.